The second-order valence-electron chi connectivity index (χ2n) is 6.97. The summed E-state index contributed by atoms with van der Waals surface area (Å²) in [6.07, 6.45) is 8.32. The number of alkyl halides is 1. The van der Waals surface area contributed by atoms with E-state index in [1.54, 1.807) is 14.0 Å². The van der Waals surface area contributed by atoms with Crippen LogP contribution in [0.5, 0.6) is 11.5 Å². The SMILES string of the molecule is COc1ccc(C(C)=O)c(OCCCCCCBr)c1CN1CCCCC1. The molecule has 26 heavy (non-hydrogen) atoms. The van der Waals surface area contributed by atoms with Crippen LogP contribution in [0.4, 0.5) is 0 Å². The van der Waals surface area contributed by atoms with Gasteiger partial charge in [-0.25, -0.2) is 0 Å². The molecule has 1 fully saturated rings. The zero-order chi connectivity index (χ0) is 18.8. The normalized spacial score (nSPS) is 15.0. The molecule has 0 saturated carbocycles. The van der Waals surface area contributed by atoms with Crippen molar-refractivity contribution in [1.82, 2.24) is 4.90 Å². The number of piperidine rings is 1. The van der Waals surface area contributed by atoms with Crippen molar-refractivity contribution < 1.29 is 14.3 Å². The van der Waals surface area contributed by atoms with E-state index in [2.05, 4.69) is 20.8 Å². The quantitative estimate of drug-likeness (QED) is 0.276. The predicted octanol–water partition coefficient (Wildman–Crippen LogP) is 5.22. The van der Waals surface area contributed by atoms with Crippen LogP contribution in [0.3, 0.4) is 0 Å². The van der Waals surface area contributed by atoms with Crippen molar-refractivity contribution in [3.63, 3.8) is 0 Å². The zero-order valence-electron chi connectivity index (χ0n) is 16.2. The average Bonchev–Trinajstić information content (AvgIpc) is 2.65. The number of likely N-dealkylation sites (tertiary alicyclic amines) is 1. The fraction of sp³-hybridized carbons (Fsp3) is 0.667. The monoisotopic (exact) mass is 425 g/mol. The second kappa shape index (κ2) is 11.6. The van der Waals surface area contributed by atoms with Crippen LogP contribution in [0.2, 0.25) is 0 Å². The molecule has 1 aromatic rings. The van der Waals surface area contributed by atoms with Gasteiger partial charge in [0.05, 0.1) is 24.8 Å². The molecule has 1 aromatic carbocycles. The number of carbonyl (C=O) groups excluding carboxylic acids is 1. The first-order valence-electron chi connectivity index (χ1n) is 9.79. The fourth-order valence-electron chi connectivity index (χ4n) is 3.46. The van der Waals surface area contributed by atoms with Gasteiger partial charge in [0.1, 0.15) is 11.5 Å². The highest BCUT2D eigenvalue weighted by molar-refractivity contribution is 9.09. The number of Topliss-reactive ketones (excluding diaryl/α,β-unsaturated/α-hetero) is 1. The van der Waals surface area contributed by atoms with Gasteiger partial charge in [-0.1, -0.05) is 35.2 Å². The number of halogens is 1. The molecule has 0 atom stereocenters. The number of methoxy groups -OCH3 is 1. The highest BCUT2D eigenvalue weighted by atomic mass is 79.9. The lowest BCUT2D eigenvalue weighted by atomic mass is 10.0. The van der Waals surface area contributed by atoms with Crippen LogP contribution in [-0.4, -0.2) is 42.8 Å². The summed E-state index contributed by atoms with van der Waals surface area (Å²) in [7, 11) is 1.69. The molecule has 1 aliphatic rings. The first kappa shape index (κ1) is 21.2. The number of rotatable bonds is 11. The molecule has 0 bridgehead atoms. The number of hydrogen-bond donors (Lipinski definition) is 0. The minimum Gasteiger partial charge on any atom is -0.496 e. The van der Waals surface area contributed by atoms with Crippen LogP contribution < -0.4 is 9.47 Å². The standard InChI is InChI=1S/C21H32BrNO3/c1-17(24)18-10-11-20(25-2)19(16-23-13-7-5-8-14-23)21(18)26-15-9-4-3-6-12-22/h10-11H,3-9,12-16H2,1-2H3. The van der Waals surface area contributed by atoms with Crippen LogP contribution in [0, 0.1) is 0 Å². The molecule has 0 radical (unpaired) electrons. The maximum Gasteiger partial charge on any atom is 0.163 e. The maximum absolute atomic E-state index is 12.1. The molecule has 146 valence electrons. The molecule has 2 rings (SSSR count). The van der Waals surface area contributed by atoms with Crippen LogP contribution in [0.25, 0.3) is 0 Å². The summed E-state index contributed by atoms with van der Waals surface area (Å²) in [4.78, 5) is 14.6. The Labute approximate surface area is 166 Å². The van der Waals surface area contributed by atoms with E-state index in [9.17, 15) is 4.79 Å². The van der Waals surface area contributed by atoms with E-state index in [-0.39, 0.29) is 5.78 Å². The highest BCUT2D eigenvalue weighted by Crippen LogP contribution is 2.34. The van der Waals surface area contributed by atoms with Crippen LogP contribution in [0.15, 0.2) is 12.1 Å². The summed E-state index contributed by atoms with van der Waals surface area (Å²) < 4.78 is 11.8. The van der Waals surface area contributed by atoms with Crippen LogP contribution >= 0.6 is 15.9 Å². The van der Waals surface area contributed by atoms with Crippen LogP contribution in [0.1, 0.15) is 67.8 Å². The van der Waals surface area contributed by atoms with E-state index in [0.29, 0.717) is 12.2 Å². The van der Waals surface area contributed by atoms with Gasteiger partial charge in [-0.15, -0.1) is 0 Å². The van der Waals surface area contributed by atoms with Gasteiger partial charge in [-0.3, -0.25) is 9.69 Å². The lowest BCUT2D eigenvalue weighted by Gasteiger charge is -2.28. The molecule has 4 nitrogen and oxygen atoms in total. The largest absolute Gasteiger partial charge is 0.496 e. The summed E-state index contributed by atoms with van der Waals surface area (Å²) in [5.74, 6) is 1.58. The molecule has 5 heteroatoms. The molecule has 0 unspecified atom stereocenters. The molecule has 0 spiro atoms. The van der Waals surface area contributed by atoms with E-state index in [0.717, 1.165) is 54.9 Å². The molecular formula is C21H32BrNO3. The molecule has 0 N–H and O–H groups in total. The van der Waals surface area contributed by atoms with Crippen molar-refractivity contribution in [1.29, 1.82) is 0 Å². The van der Waals surface area contributed by atoms with Gasteiger partial charge in [-0.2, -0.15) is 0 Å². The maximum atomic E-state index is 12.1. The number of carbonyl (C=O) groups is 1. The number of unbranched alkanes of at least 4 members (excludes halogenated alkanes) is 3. The Morgan fingerprint density at radius 2 is 1.85 bits per heavy atom. The summed E-state index contributed by atoms with van der Waals surface area (Å²) in [6.45, 7) is 5.22. The molecular weight excluding hydrogens is 394 g/mol. The molecule has 1 saturated heterocycles. The summed E-state index contributed by atoms with van der Waals surface area (Å²) in [5, 5.41) is 1.05. The van der Waals surface area contributed by atoms with Crippen molar-refractivity contribution in [3.05, 3.63) is 23.3 Å². The van der Waals surface area contributed by atoms with Gasteiger partial charge in [-0.05, 0) is 57.8 Å². The Kier molecular flexibility index (Phi) is 9.48. The Bertz CT molecular complexity index is 571. The Morgan fingerprint density at radius 3 is 2.50 bits per heavy atom. The van der Waals surface area contributed by atoms with Crippen molar-refractivity contribution >= 4 is 21.7 Å². The molecule has 1 aliphatic heterocycles. The first-order valence-corrected chi connectivity index (χ1v) is 10.9. The Morgan fingerprint density at radius 1 is 1.12 bits per heavy atom. The third kappa shape index (κ3) is 6.27. The van der Waals surface area contributed by atoms with Crippen molar-refractivity contribution in [2.24, 2.45) is 0 Å². The first-order chi connectivity index (χ1) is 12.7. The minimum absolute atomic E-state index is 0.0434. The number of benzene rings is 1. The molecule has 0 aromatic heterocycles. The fourth-order valence-corrected chi connectivity index (χ4v) is 3.85. The smallest absolute Gasteiger partial charge is 0.163 e. The van der Waals surface area contributed by atoms with Crippen molar-refractivity contribution in [2.75, 3.05) is 32.1 Å². The number of nitrogens with zero attached hydrogens (tertiary/aromatic N) is 1. The summed E-state index contributed by atoms with van der Waals surface area (Å²) in [5.41, 5.74) is 1.68. The average molecular weight is 426 g/mol. The Balaban J connectivity index is 2.15. The van der Waals surface area contributed by atoms with Gasteiger partial charge < -0.3 is 9.47 Å². The third-order valence-corrected chi connectivity index (χ3v) is 5.48. The van der Waals surface area contributed by atoms with Crippen LogP contribution in [-0.2, 0) is 6.54 Å². The zero-order valence-corrected chi connectivity index (χ0v) is 17.8. The van der Waals surface area contributed by atoms with E-state index < -0.39 is 0 Å². The number of hydrogen-bond acceptors (Lipinski definition) is 4. The number of ether oxygens (including phenoxy) is 2. The topological polar surface area (TPSA) is 38.8 Å². The van der Waals surface area contributed by atoms with E-state index in [4.69, 9.17) is 9.47 Å². The summed E-state index contributed by atoms with van der Waals surface area (Å²) >= 11 is 3.47. The second-order valence-corrected chi connectivity index (χ2v) is 7.76. The van der Waals surface area contributed by atoms with Gasteiger partial charge in [0.25, 0.3) is 0 Å². The van der Waals surface area contributed by atoms with Crippen molar-refractivity contribution in [3.8, 4) is 11.5 Å². The molecule has 0 amide bonds. The van der Waals surface area contributed by atoms with Gasteiger partial charge in [0, 0.05) is 11.9 Å². The van der Waals surface area contributed by atoms with E-state index >= 15 is 0 Å². The van der Waals surface area contributed by atoms with Gasteiger partial charge >= 0.3 is 0 Å². The minimum atomic E-state index is 0.0434. The van der Waals surface area contributed by atoms with E-state index in [1.165, 1.54) is 32.1 Å². The number of ketones is 1. The van der Waals surface area contributed by atoms with Gasteiger partial charge in [0.15, 0.2) is 5.78 Å². The molecule has 1 heterocycles. The predicted molar refractivity (Wildman–Crippen MR) is 110 cm³/mol. The molecule has 0 aliphatic carbocycles. The third-order valence-electron chi connectivity index (χ3n) is 4.92. The lowest BCUT2D eigenvalue weighted by Crippen LogP contribution is -2.29. The van der Waals surface area contributed by atoms with Crippen molar-refractivity contribution in [2.45, 2.75) is 58.4 Å². The van der Waals surface area contributed by atoms with E-state index in [1.807, 2.05) is 12.1 Å². The summed E-state index contributed by atoms with van der Waals surface area (Å²) in [6, 6.07) is 3.74. The van der Waals surface area contributed by atoms with Gasteiger partial charge in [0.2, 0.25) is 0 Å². The lowest BCUT2D eigenvalue weighted by molar-refractivity contribution is 0.101. The Hall–Kier alpha value is -1.07. The highest BCUT2D eigenvalue weighted by Gasteiger charge is 2.21.